The third-order valence-electron chi connectivity index (χ3n) is 2.84. The summed E-state index contributed by atoms with van der Waals surface area (Å²) in [4.78, 5) is 10.0. The molecule has 19 heavy (non-hydrogen) atoms. The lowest BCUT2D eigenvalue weighted by atomic mass is 10.3. The average Bonchev–Trinajstić information content (AvgIpc) is 2.44. The van der Waals surface area contributed by atoms with E-state index in [-0.39, 0.29) is 16.9 Å². The van der Waals surface area contributed by atoms with Crippen molar-refractivity contribution in [2.45, 2.75) is 13.8 Å². The monoisotopic (exact) mass is 266 g/mol. The van der Waals surface area contributed by atoms with Crippen LogP contribution < -0.4 is 4.74 Å². The Morgan fingerprint density at radius 3 is 2.32 bits per heavy atom. The topological polar surface area (TPSA) is 75.4 Å². The maximum Gasteiger partial charge on any atom is 0.269 e. The second-order valence-corrected chi connectivity index (χ2v) is 4.03. The quantitative estimate of drug-likeness (QED) is 0.432. The Hall–Kier alpha value is -1.92. The second kappa shape index (κ2) is 6.86. The summed E-state index contributed by atoms with van der Waals surface area (Å²) in [6.45, 7) is 4.88. The molecular weight excluding hydrogens is 248 g/mol. The third kappa shape index (κ3) is 4.69. The van der Waals surface area contributed by atoms with Crippen molar-refractivity contribution >= 4 is 5.69 Å². The number of non-ortho nitro benzene ring substituents is 1. The fourth-order valence-electron chi connectivity index (χ4n) is 1.48. The number of ether oxygens (including phenoxy) is 1. The first-order valence-electron chi connectivity index (χ1n) is 6.13. The maximum atomic E-state index is 11.9. The second-order valence-electron chi connectivity index (χ2n) is 4.03. The largest absolute Gasteiger partial charge is 0.628 e. The smallest absolute Gasteiger partial charge is 0.269 e. The van der Waals surface area contributed by atoms with Crippen LogP contribution in [0.4, 0.5) is 5.69 Å². The van der Waals surface area contributed by atoms with E-state index in [1.165, 1.54) is 24.3 Å². The van der Waals surface area contributed by atoms with Crippen LogP contribution in [-0.2, 0) is 0 Å². The van der Waals surface area contributed by atoms with E-state index < -0.39 is 4.92 Å². The first-order valence-corrected chi connectivity index (χ1v) is 6.13. The van der Waals surface area contributed by atoms with Crippen LogP contribution in [0.25, 0.3) is 0 Å². The number of nitrogens with zero attached hydrogens (tertiary/aromatic N) is 2. The van der Waals surface area contributed by atoms with Crippen LogP contribution in [0.3, 0.4) is 0 Å². The molecule has 0 aliphatic heterocycles. The number of nitro benzene ring substituents is 1. The fourth-order valence-corrected chi connectivity index (χ4v) is 1.48. The van der Waals surface area contributed by atoms with Crippen molar-refractivity contribution in [3.05, 3.63) is 51.9 Å². The number of quaternary nitrogens is 1. The molecule has 6 heteroatoms. The van der Waals surface area contributed by atoms with E-state index in [0.29, 0.717) is 18.8 Å². The van der Waals surface area contributed by atoms with Crippen LogP contribution in [0, 0.1) is 15.3 Å². The molecule has 0 saturated heterocycles. The van der Waals surface area contributed by atoms with Gasteiger partial charge in [-0.3, -0.25) is 10.1 Å². The zero-order chi connectivity index (χ0) is 14.3. The number of nitro groups is 1. The van der Waals surface area contributed by atoms with Crippen LogP contribution in [0.1, 0.15) is 13.8 Å². The van der Waals surface area contributed by atoms with Gasteiger partial charge < -0.3 is 14.6 Å². The Labute approximate surface area is 112 Å². The van der Waals surface area contributed by atoms with Gasteiger partial charge in [-0.05, 0) is 26.0 Å². The summed E-state index contributed by atoms with van der Waals surface area (Å²) in [5.74, 6) is 0.534. The van der Waals surface area contributed by atoms with E-state index >= 15 is 0 Å². The van der Waals surface area contributed by atoms with Crippen LogP contribution in [0.2, 0.25) is 0 Å². The Morgan fingerprint density at radius 2 is 1.84 bits per heavy atom. The number of hydroxylamine groups is 3. The maximum absolute atomic E-state index is 11.9. The highest BCUT2D eigenvalue weighted by Crippen LogP contribution is 2.17. The molecule has 104 valence electrons. The molecule has 0 radical (unpaired) electrons. The molecule has 0 aromatic heterocycles. The SMILES string of the molecule is CC[N+]([O-])(/C=C/COc1ccc([N+](=O)[O-])cc1)CC. The predicted molar refractivity (Wildman–Crippen MR) is 72.4 cm³/mol. The number of benzene rings is 1. The third-order valence-corrected chi connectivity index (χ3v) is 2.84. The molecule has 0 bridgehead atoms. The van der Waals surface area contributed by atoms with Crippen LogP contribution in [-0.4, -0.2) is 29.3 Å². The van der Waals surface area contributed by atoms with Crippen molar-refractivity contribution in [2.24, 2.45) is 0 Å². The van der Waals surface area contributed by atoms with E-state index in [2.05, 4.69) is 0 Å². The molecule has 0 amide bonds. The van der Waals surface area contributed by atoms with Crippen molar-refractivity contribution < 1.29 is 14.3 Å². The minimum absolute atomic E-state index is 0.0232. The molecule has 0 saturated carbocycles. The number of hydrogen-bond acceptors (Lipinski definition) is 4. The van der Waals surface area contributed by atoms with Gasteiger partial charge in [0, 0.05) is 18.2 Å². The van der Waals surface area contributed by atoms with Gasteiger partial charge in [-0.25, -0.2) is 0 Å². The molecule has 0 aliphatic carbocycles. The Bertz CT molecular complexity index is 438. The highest BCUT2D eigenvalue weighted by Gasteiger charge is 2.06. The molecule has 0 fully saturated rings. The molecule has 0 spiro atoms. The van der Waals surface area contributed by atoms with Crippen molar-refractivity contribution in [1.82, 2.24) is 0 Å². The molecule has 1 aromatic carbocycles. The van der Waals surface area contributed by atoms with Crippen molar-refractivity contribution in [3.8, 4) is 5.75 Å². The molecule has 0 heterocycles. The summed E-state index contributed by atoms with van der Waals surface area (Å²) in [6.07, 6.45) is 3.23. The summed E-state index contributed by atoms with van der Waals surface area (Å²) in [6, 6.07) is 5.83. The van der Waals surface area contributed by atoms with Crippen LogP contribution >= 0.6 is 0 Å². The van der Waals surface area contributed by atoms with Gasteiger partial charge >= 0.3 is 0 Å². The Morgan fingerprint density at radius 1 is 1.26 bits per heavy atom. The molecule has 1 rings (SSSR count). The van der Waals surface area contributed by atoms with Gasteiger partial charge in [0.15, 0.2) is 0 Å². The van der Waals surface area contributed by atoms with E-state index in [1.54, 1.807) is 12.3 Å². The number of hydrogen-bond donors (Lipinski definition) is 0. The summed E-state index contributed by atoms with van der Waals surface area (Å²) < 4.78 is 4.98. The van der Waals surface area contributed by atoms with Crippen molar-refractivity contribution in [1.29, 1.82) is 0 Å². The first-order chi connectivity index (χ1) is 9.00. The van der Waals surface area contributed by atoms with Gasteiger partial charge in [-0.1, -0.05) is 0 Å². The molecular formula is C13H18N2O4. The molecule has 6 nitrogen and oxygen atoms in total. The first kappa shape index (κ1) is 15.1. The zero-order valence-electron chi connectivity index (χ0n) is 11.1. The van der Waals surface area contributed by atoms with Crippen LogP contribution in [0.15, 0.2) is 36.5 Å². The minimum atomic E-state index is -0.463. The van der Waals surface area contributed by atoms with Crippen molar-refractivity contribution in [3.63, 3.8) is 0 Å². The summed E-state index contributed by atoms with van der Waals surface area (Å²) in [5, 5.41) is 22.4. The van der Waals surface area contributed by atoms with E-state index in [0.717, 1.165) is 0 Å². The number of rotatable bonds is 7. The fraction of sp³-hybridized carbons (Fsp3) is 0.385. The van der Waals surface area contributed by atoms with Gasteiger partial charge in [0.1, 0.15) is 12.4 Å². The Balaban J connectivity index is 2.49. The van der Waals surface area contributed by atoms with Gasteiger partial charge in [-0.2, -0.15) is 0 Å². The van der Waals surface area contributed by atoms with Crippen LogP contribution in [0.5, 0.6) is 5.75 Å². The Kier molecular flexibility index (Phi) is 5.47. The zero-order valence-corrected chi connectivity index (χ0v) is 11.1. The predicted octanol–water partition coefficient (Wildman–Crippen LogP) is 2.84. The molecule has 1 aromatic rings. The van der Waals surface area contributed by atoms with Gasteiger partial charge in [0.05, 0.1) is 24.2 Å². The molecule has 0 atom stereocenters. The van der Waals surface area contributed by atoms with Gasteiger partial charge in [0.25, 0.3) is 5.69 Å². The lowest BCUT2D eigenvalue weighted by Gasteiger charge is -2.36. The minimum Gasteiger partial charge on any atom is -0.628 e. The lowest BCUT2D eigenvalue weighted by molar-refractivity contribution is -0.825. The molecule has 0 N–H and O–H groups in total. The lowest BCUT2D eigenvalue weighted by Crippen LogP contribution is -2.35. The van der Waals surface area contributed by atoms with Crippen molar-refractivity contribution in [2.75, 3.05) is 19.7 Å². The van der Waals surface area contributed by atoms with Gasteiger partial charge in [-0.15, -0.1) is 0 Å². The molecule has 0 unspecified atom stereocenters. The summed E-state index contributed by atoms with van der Waals surface area (Å²) in [7, 11) is 0. The van der Waals surface area contributed by atoms with E-state index in [9.17, 15) is 15.3 Å². The molecule has 0 aliphatic rings. The van der Waals surface area contributed by atoms with E-state index in [1.807, 2.05) is 13.8 Å². The summed E-state index contributed by atoms with van der Waals surface area (Å²) in [5.41, 5.74) is 0.0232. The summed E-state index contributed by atoms with van der Waals surface area (Å²) >= 11 is 0. The van der Waals surface area contributed by atoms with E-state index in [4.69, 9.17) is 4.74 Å². The standard InChI is InChI=1S/C13H18N2O4/c1-3-15(18,4-2)10-5-11-19-13-8-6-12(7-9-13)14(16)17/h5-10H,3-4,11H2,1-2H3/b10-5+. The normalized spacial score (nSPS) is 11.7. The highest BCUT2D eigenvalue weighted by molar-refractivity contribution is 5.35. The van der Waals surface area contributed by atoms with Gasteiger partial charge in [0.2, 0.25) is 0 Å². The highest BCUT2D eigenvalue weighted by atomic mass is 16.6. The average molecular weight is 266 g/mol.